The zero-order chi connectivity index (χ0) is 13.5. The predicted molar refractivity (Wildman–Crippen MR) is 76.2 cm³/mol. The van der Waals surface area contributed by atoms with E-state index in [9.17, 15) is 0 Å². The van der Waals surface area contributed by atoms with Gasteiger partial charge in [0.2, 0.25) is 10.1 Å². The second kappa shape index (κ2) is 7.33. The normalized spacial score (nSPS) is 9.78. The molecule has 0 aromatic heterocycles. The fraction of sp³-hybridized carbons (Fsp3) is 0.417. The summed E-state index contributed by atoms with van der Waals surface area (Å²) >= 11 is 6.41. The Labute approximate surface area is 117 Å². The maximum absolute atomic E-state index is 5.35. The van der Waals surface area contributed by atoms with Gasteiger partial charge >= 0.3 is 0 Å². The van der Waals surface area contributed by atoms with Gasteiger partial charge in [-0.15, -0.1) is 0 Å². The van der Waals surface area contributed by atoms with E-state index in [2.05, 4.69) is 0 Å². The van der Waals surface area contributed by atoms with Crippen molar-refractivity contribution in [1.82, 2.24) is 0 Å². The van der Waals surface area contributed by atoms with Gasteiger partial charge in [-0.25, -0.2) is 0 Å². The maximum atomic E-state index is 5.35. The first-order chi connectivity index (χ1) is 8.67. The van der Waals surface area contributed by atoms with Crippen LogP contribution in [0.25, 0.3) is 0 Å². The Bertz CT molecular complexity index is 421. The van der Waals surface area contributed by atoms with E-state index in [1.54, 1.807) is 27.4 Å². The highest BCUT2D eigenvalue weighted by Gasteiger charge is 2.17. The molecule has 18 heavy (non-hydrogen) atoms. The van der Waals surface area contributed by atoms with E-state index in [1.165, 1.54) is 11.8 Å². The molecule has 0 saturated heterocycles. The minimum absolute atomic E-state index is 0.447. The summed E-state index contributed by atoms with van der Waals surface area (Å²) in [6.45, 7) is 2.43. The molecule has 1 rings (SSSR count). The lowest BCUT2D eigenvalue weighted by Gasteiger charge is -2.15. The number of hydrogen-bond donors (Lipinski definition) is 0. The highest BCUT2D eigenvalue weighted by molar-refractivity contribution is 8.22. The van der Waals surface area contributed by atoms with Crippen LogP contribution in [0.3, 0.4) is 0 Å². The lowest BCUT2D eigenvalue weighted by molar-refractivity contribution is 0.319. The molecule has 0 atom stereocenters. The number of rotatable bonds is 5. The molecule has 0 aliphatic rings. The standard InChI is InChI=1S/C12H16O4S2/c1-5-16-12(17)18-9-7-6-8(13-2)10(14-3)11(9)15-4/h6-7H,5H2,1-4H3. The van der Waals surface area contributed by atoms with Gasteiger partial charge in [0.05, 0.1) is 32.8 Å². The Morgan fingerprint density at radius 1 is 1.11 bits per heavy atom. The third-order valence-electron chi connectivity index (χ3n) is 2.12. The van der Waals surface area contributed by atoms with Crippen LogP contribution in [0, 0.1) is 0 Å². The van der Waals surface area contributed by atoms with Crippen molar-refractivity contribution >= 4 is 28.4 Å². The number of thiocarbonyl (C=S) groups is 1. The van der Waals surface area contributed by atoms with Crippen LogP contribution >= 0.6 is 24.0 Å². The topological polar surface area (TPSA) is 36.9 Å². The molecule has 1 aromatic carbocycles. The van der Waals surface area contributed by atoms with Gasteiger partial charge in [0.1, 0.15) is 0 Å². The minimum atomic E-state index is 0.447. The molecule has 0 unspecified atom stereocenters. The summed E-state index contributed by atoms with van der Waals surface area (Å²) in [7, 11) is 4.72. The first kappa shape index (κ1) is 14.9. The van der Waals surface area contributed by atoms with Crippen LogP contribution < -0.4 is 14.2 Å². The molecular formula is C12H16O4S2. The summed E-state index contributed by atoms with van der Waals surface area (Å²) in [5, 5.41) is 0. The first-order valence-corrected chi connectivity index (χ1v) is 6.53. The van der Waals surface area contributed by atoms with E-state index >= 15 is 0 Å². The Kier molecular flexibility index (Phi) is 6.07. The summed E-state index contributed by atoms with van der Waals surface area (Å²) in [6, 6.07) is 3.66. The van der Waals surface area contributed by atoms with Crippen molar-refractivity contribution in [2.24, 2.45) is 0 Å². The van der Waals surface area contributed by atoms with Gasteiger partial charge in [0.15, 0.2) is 11.5 Å². The molecule has 0 heterocycles. The molecule has 0 saturated carbocycles. The number of hydrogen-bond acceptors (Lipinski definition) is 6. The van der Waals surface area contributed by atoms with Gasteiger partial charge in [0, 0.05) is 0 Å². The molecule has 0 fully saturated rings. The van der Waals surface area contributed by atoms with E-state index in [1.807, 2.05) is 13.0 Å². The zero-order valence-corrected chi connectivity index (χ0v) is 12.4. The van der Waals surface area contributed by atoms with Crippen molar-refractivity contribution in [3.05, 3.63) is 12.1 Å². The lowest BCUT2D eigenvalue weighted by atomic mass is 10.3. The number of benzene rings is 1. The highest BCUT2D eigenvalue weighted by Crippen LogP contribution is 2.44. The molecule has 1 aromatic rings. The van der Waals surface area contributed by atoms with Crippen LogP contribution in [-0.2, 0) is 4.74 Å². The SMILES string of the molecule is CCOC(=S)Sc1ccc(OC)c(OC)c1OC. The Balaban J connectivity index is 3.08. The van der Waals surface area contributed by atoms with Crippen molar-refractivity contribution in [3.63, 3.8) is 0 Å². The van der Waals surface area contributed by atoms with Crippen LogP contribution in [0.5, 0.6) is 17.2 Å². The Morgan fingerprint density at radius 3 is 2.28 bits per heavy atom. The molecule has 0 aliphatic heterocycles. The molecule has 0 spiro atoms. The third-order valence-corrected chi connectivity index (χ3v) is 3.32. The monoisotopic (exact) mass is 288 g/mol. The summed E-state index contributed by atoms with van der Waals surface area (Å²) in [4.78, 5) is 0.827. The van der Waals surface area contributed by atoms with Gasteiger partial charge < -0.3 is 18.9 Å². The third kappa shape index (κ3) is 3.43. The predicted octanol–water partition coefficient (Wildman–Crippen LogP) is 3.13. The zero-order valence-electron chi connectivity index (χ0n) is 10.8. The Morgan fingerprint density at radius 2 is 1.78 bits per heavy atom. The second-order valence-corrected chi connectivity index (χ2v) is 4.76. The summed E-state index contributed by atoms with van der Waals surface area (Å²) in [6.07, 6.45) is 0. The molecule has 0 radical (unpaired) electrons. The minimum Gasteiger partial charge on any atom is -0.493 e. The largest absolute Gasteiger partial charge is 0.493 e. The molecule has 0 N–H and O–H groups in total. The molecule has 6 heteroatoms. The fourth-order valence-electron chi connectivity index (χ4n) is 1.39. The highest BCUT2D eigenvalue weighted by atomic mass is 32.2. The smallest absolute Gasteiger partial charge is 0.224 e. The summed E-state index contributed by atoms with van der Waals surface area (Å²) in [5.74, 6) is 1.74. The van der Waals surface area contributed by atoms with Crippen molar-refractivity contribution in [2.45, 2.75) is 11.8 Å². The average molecular weight is 288 g/mol. The van der Waals surface area contributed by atoms with E-state index < -0.39 is 0 Å². The van der Waals surface area contributed by atoms with Gasteiger partial charge in [-0.1, -0.05) is 0 Å². The van der Waals surface area contributed by atoms with Gasteiger partial charge in [-0.2, -0.15) is 0 Å². The maximum Gasteiger partial charge on any atom is 0.224 e. The van der Waals surface area contributed by atoms with Crippen LogP contribution in [0.1, 0.15) is 6.92 Å². The van der Waals surface area contributed by atoms with Gasteiger partial charge in [-0.3, -0.25) is 0 Å². The van der Waals surface area contributed by atoms with Crippen LogP contribution in [-0.4, -0.2) is 32.3 Å². The van der Waals surface area contributed by atoms with E-state index in [0.717, 1.165) is 4.90 Å². The first-order valence-electron chi connectivity index (χ1n) is 5.31. The molecule has 0 amide bonds. The average Bonchev–Trinajstić information content (AvgIpc) is 2.38. The molecule has 0 aliphatic carbocycles. The van der Waals surface area contributed by atoms with E-state index in [-0.39, 0.29) is 0 Å². The summed E-state index contributed by atoms with van der Waals surface area (Å²) < 4.78 is 21.5. The van der Waals surface area contributed by atoms with Crippen molar-refractivity contribution < 1.29 is 18.9 Å². The molecular weight excluding hydrogens is 272 g/mol. The molecule has 4 nitrogen and oxygen atoms in total. The second-order valence-electron chi connectivity index (χ2n) is 3.12. The van der Waals surface area contributed by atoms with Gasteiger partial charge in [-0.05, 0) is 43.0 Å². The van der Waals surface area contributed by atoms with Crippen molar-refractivity contribution in [2.75, 3.05) is 27.9 Å². The van der Waals surface area contributed by atoms with Gasteiger partial charge in [0.25, 0.3) is 0 Å². The van der Waals surface area contributed by atoms with Crippen molar-refractivity contribution in [1.29, 1.82) is 0 Å². The van der Waals surface area contributed by atoms with Crippen molar-refractivity contribution in [3.8, 4) is 17.2 Å². The van der Waals surface area contributed by atoms with E-state index in [4.69, 9.17) is 31.2 Å². The lowest BCUT2D eigenvalue weighted by Crippen LogP contribution is -1.99. The number of thioether (sulfide) groups is 1. The number of methoxy groups -OCH3 is 3. The van der Waals surface area contributed by atoms with E-state index in [0.29, 0.717) is 28.2 Å². The fourth-order valence-corrected chi connectivity index (χ4v) is 2.54. The van der Waals surface area contributed by atoms with Crippen LogP contribution in [0.15, 0.2) is 17.0 Å². The van der Waals surface area contributed by atoms with Crippen LogP contribution in [0.2, 0.25) is 0 Å². The molecule has 0 bridgehead atoms. The van der Waals surface area contributed by atoms with Crippen LogP contribution in [0.4, 0.5) is 0 Å². The molecule has 100 valence electrons. The summed E-state index contributed by atoms with van der Waals surface area (Å²) in [5.41, 5.74) is 0. The quantitative estimate of drug-likeness (QED) is 0.612. The number of ether oxygens (including phenoxy) is 4. The Hall–Kier alpha value is -1.14.